The van der Waals surface area contributed by atoms with Crippen LogP contribution in [0.4, 0.5) is 5.95 Å². The molecule has 106 valence electrons. The molecule has 1 saturated carbocycles. The summed E-state index contributed by atoms with van der Waals surface area (Å²) in [5.74, 6) is 1.88. The van der Waals surface area contributed by atoms with E-state index in [2.05, 4.69) is 30.9 Å². The summed E-state index contributed by atoms with van der Waals surface area (Å²) in [6.07, 6.45) is 10.5. The van der Waals surface area contributed by atoms with Gasteiger partial charge in [0.25, 0.3) is 0 Å². The summed E-state index contributed by atoms with van der Waals surface area (Å²) in [4.78, 5) is 11.9. The van der Waals surface area contributed by atoms with E-state index in [-0.39, 0.29) is 0 Å². The van der Waals surface area contributed by atoms with Gasteiger partial charge in [-0.15, -0.1) is 0 Å². The molecule has 3 heterocycles. The molecule has 0 radical (unpaired) electrons. The number of anilines is 1. The maximum atomic E-state index is 4.69. The number of nitrogens with zero attached hydrogens (tertiary/aromatic N) is 3. The van der Waals surface area contributed by atoms with Crippen molar-refractivity contribution in [3.8, 4) is 0 Å². The Balaban J connectivity index is 1.61. The number of piperidine rings is 1. The van der Waals surface area contributed by atoms with Crippen molar-refractivity contribution in [1.82, 2.24) is 9.97 Å². The first kappa shape index (κ1) is 12.4. The fraction of sp³-hybridized carbons (Fsp3) is 0.647. The van der Waals surface area contributed by atoms with E-state index in [4.69, 9.17) is 9.97 Å². The number of fused-ring (bicyclic) bond motifs is 2. The molecule has 2 aliphatic heterocycles. The van der Waals surface area contributed by atoms with Gasteiger partial charge in [0.15, 0.2) is 0 Å². The standard InChI is InChI=1S/C17H23N3/c1-11-7-12(2)19-17(18-11)20-15-5-6-16(20)10-14(9-15)8-13-3-4-13/h7-8,13,15-16H,3-6,9-10H2,1-2H3. The molecule has 2 atom stereocenters. The van der Waals surface area contributed by atoms with Crippen LogP contribution in [0.15, 0.2) is 17.7 Å². The number of hydrogen-bond donors (Lipinski definition) is 0. The third-order valence-corrected chi connectivity index (χ3v) is 4.91. The summed E-state index contributed by atoms with van der Waals surface area (Å²) in [5.41, 5.74) is 3.89. The molecule has 0 spiro atoms. The summed E-state index contributed by atoms with van der Waals surface area (Å²) >= 11 is 0. The van der Waals surface area contributed by atoms with Crippen LogP contribution in [0.2, 0.25) is 0 Å². The monoisotopic (exact) mass is 269 g/mol. The van der Waals surface area contributed by atoms with Gasteiger partial charge in [-0.1, -0.05) is 11.6 Å². The van der Waals surface area contributed by atoms with Crippen LogP contribution in [-0.2, 0) is 0 Å². The lowest BCUT2D eigenvalue weighted by atomic mass is 9.96. The van der Waals surface area contributed by atoms with Crippen molar-refractivity contribution in [2.24, 2.45) is 5.92 Å². The van der Waals surface area contributed by atoms with Gasteiger partial charge < -0.3 is 4.90 Å². The van der Waals surface area contributed by atoms with Crippen LogP contribution in [0.1, 0.15) is 49.9 Å². The maximum absolute atomic E-state index is 4.69. The fourth-order valence-corrected chi connectivity index (χ4v) is 3.93. The maximum Gasteiger partial charge on any atom is 0.226 e. The number of rotatable bonds is 2. The van der Waals surface area contributed by atoms with Gasteiger partial charge in [0, 0.05) is 23.5 Å². The van der Waals surface area contributed by atoms with Gasteiger partial charge in [-0.3, -0.25) is 0 Å². The molecule has 1 aromatic rings. The molecule has 2 bridgehead atoms. The number of aryl methyl sites for hydroxylation is 2. The predicted octanol–water partition coefficient (Wildman–Crippen LogP) is 3.56. The third-order valence-electron chi connectivity index (χ3n) is 4.91. The Bertz CT molecular complexity index is 523. The van der Waals surface area contributed by atoms with E-state index in [9.17, 15) is 0 Å². The van der Waals surface area contributed by atoms with Crippen LogP contribution >= 0.6 is 0 Å². The lowest BCUT2D eigenvalue weighted by Crippen LogP contribution is -2.41. The van der Waals surface area contributed by atoms with Crippen molar-refractivity contribution in [3.05, 3.63) is 29.1 Å². The Hall–Kier alpha value is -1.38. The van der Waals surface area contributed by atoms with Gasteiger partial charge in [-0.25, -0.2) is 9.97 Å². The molecule has 2 unspecified atom stereocenters. The Labute approximate surface area is 121 Å². The van der Waals surface area contributed by atoms with Crippen LogP contribution in [0, 0.1) is 19.8 Å². The molecule has 1 aliphatic carbocycles. The van der Waals surface area contributed by atoms with E-state index in [0.29, 0.717) is 12.1 Å². The molecule has 0 amide bonds. The van der Waals surface area contributed by atoms with E-state index in [1.54, 1.807) is 5.57 Å². The first-order valence-electron chi connectivity index (χ1n) is 7.99. The molecule has 0 aromatic carbocycles. The topological polar surface area (TPSA) is 29.0 Å². The largest absolute Gasteiger partial charge is 0.334 e. The first-order chi connectivity index (χ1) is 9.69. The first-order valence-corrected chi connectivity index (χ1v) is 7.99. The molecule has 2 saturated heterocycles. The molecule has 3 aliphatic rings. The van der Waals surface area contributed by atoms with Gasteiger partial charge in [-0.2, -0.15) is 0 Å². The van der Waals surface area contributed by atoms with Crippen molar-refractivity contribution >= 4 is 5.95 Å². The molecular weight excluding hydrogens is 246 g/mol. The number of allylic oxidation sites excluding steroid dienone is 1. The summed E-state index contributed by atoms with van der Waals surface area (Å²) in [6.45, 7) is 4.14. The van der Waals surface area contributed by atoms with E-state index < -0.39 is 0 Å². The van der Waals surface area contributed by atoms with Crippen LogP contribution in [0.25, 0.3) is 0 Å². The average molecular weight is 269 g/mol. The lowest BCUT2D eigenvalue weighted by Gasteiger charge is -2.36. The Morgan fingerprint density at radius 2 is 1.60 bits per heavy atom. The van der Waals surface area contributed by atoms with Crippen LogP contribution in [0.5, 0.6) is 0 Å². The highest BCUT2D eigenvalue weighted by Gasteiger charge is 2.40. The Morgan fingerprint density at radius 1 is 1.00 bits per heavy atom. The highest BCUT2D eigenvalue weighted by molar-refractivity contribution is 5.41. The second-order valence-corrected chi connectivity index (χ2v) is 6.81. The zero-order valence-electron chi connectivity index (χ0n) is 12.5. The fourth-order valence-electron chi connectivity index (χ4n) is 3.93. The molecule has 20 heavy (non-hydrogen) atoms. The average Bonchev–Trinajstić information content (AvgIpc) is 3.14. The van der Waals surface area contributed by atoms with E-state index >= 15 is 0 Å². The highest BCUT2D eigenvalue weighted by Crippen LogP contribution is 2.42. The predicted molar refractivity (Wildman–Crippen MR) is 80.8 cm³/mol. The van der Waals surface area contributed by atoms with Gasteiger partial charge in [0.2, 0.25) is 5.95 Å². The summed E-state index contributed by atoms with van der Waals surface area (Å²) in [6, 6.07) is 3.34. The normalized spacial score (nSPS) is 28.9. The molecule has 1 aromatic heterocycles. The summed E-state index contributed by atoms with van der Waals surface area (Å²) in [5, 5.41) is 0. The number of aromatic nitrogens is 2. The zero-order chi connectivity index (χ0) is 13.7. The summed E-state index contributed by atoms with van der Waals surface area (Å²) < 4.78 is 0. The van der Waals surface area contributed by atoms with Gasteiger partial charge in [0.05, 0.1) is 0 Å². The van der Waals surface area contributed by atoms with Gasteiger partial charge in [-0.05, 0) is 64.4 Å². The van der Waals surface area contributed by atoms with Gasteiger partial charge in [0.1, 0.15) is 0 Å². The van der Waals surface area contributed by atoms with Crippen LogP contribution < -0.4 is 4.90 Å². The molecule has 3 fully saturated rings. The molecule has 4 rings (SSSR count). The quantitative estimate of drug-likeness (QED) is 0.769. The van der Waals surface area contributed by atoms with Crippen LogP contribution in [-0.4, -0.2) is 22.1 Å². The third kappa shape index (κ3) is 2.23. The molecule has 0 N–H and O–H groups in total. The van der Waals surface area contributed by atoms with E-state index in [1.807, 2.05) is 0 Å². The minimum atomic E-state index is 0.639. The number of hydrogen-bond acceptors (Lipinski definition) is 3. The summed E-state index contributed by atoms with van der Waals surface area (Å²) in [7, 11) is 0. The van der Waals surface area contributed by atoms with Gasteiger partial charge >= 0.3 is 0 Å². The van der Waals surface area contributed by atoms with E-state index in [1.165, 1.54) is 38.5 Å². The second-order valence-electron chi connectivity index (χ2n) is 6.81. The van der Waals surface area contributed by atoms with Crippen molar-refractivity contribution in [2.45, 2.75) is 64.5 Å². The Morgan fingerprint density at radius 3 is 2.15 bits per heavy atom. The van der Waals surface area contributed by atoms with Crippen molar-refractivity contribution in [1.29, 1.82) is 0 Å². The Kier molecular flexibility index (Phi) is 2.83. The molecular formula is C17H23N3. The smallest absolute Gasteiger partial charge is 0.226 e. The zero-order valence-corrected chi connectivity index (χ0v) is 12.5. The highest BCUT2D eigenvalue weighted by atomic mass is 15.3. The molecule has 3 nitrogen and oxygen atoms in total. The second kappa shape index (κ2) is 4.57. The van der Waals surface area contributed by atoms with Crippen molar-refractivity contribution in [2.75, 3.05) is 4.90 Å². The lowest BCUT2D eigenvalue weighted by molar-refractivity contribution is 0.534. The molecule has 3 heteroatoms. The minimum absolute atomic E-state index is 0.639. The minimum Gasteiger partial charge on any atom is -0.334 e. The van der Waals surface area contributed by atoms with Crippen LogP contribution in [0.3, 0.4) is 0 Å². The SMILES string of the molecule is Cc1cc(C)nc(N2C3CCC2CC(=CC2CC2)C3)n1. The van der Waals surface area contributed by atoms with Crippen molar-refractivity contribution < 1.29 is 0 Å². The van der Waals surface area contributed by atoms with Crippen molar-refractivity contribution in [3.63, 3.8) is 0 Å². The van der Waals surface area contributed by atoms with E-state index in [0.717, 1.165) is 23.3 Å².